The first-order valence-corrected chi connectivity index (χ1v) is 8.64. The molecule has 1 aromatic carbocycles. The van der Waals surface area contributed by atoms with E-state index in [-0.39, 0.29) is 11.6 Å². The number of carbonyl (C=O) groups is 1. The Morgan fingerprint density at radius 1 is 1.38 bits per heavy atom. The van der Waals surface area contributed by atoms with Crippen LogP contribution in [0.15, 0.2) is 35.3 Å². The largest absolute Gasteiger partial charge is 0.316 e. The van der Waals surface area contributed by atoms with Crippen LogP contribution < -0.4 is 10.9 Å². The number of fused-ring (bicyclic) bond motifs is 1. The van der Waals surface area contributed by atoms with E-state index in [1.54, 1.807) is 24.3 Å². The standard InChI is InChI=1S/C16H15ClN4O2S/c1-3-9(2)14-20-21-15(23)12(8-18-16(21)24-14)19-13(22)10-4-6-11(17)7-5-10/h4-9H,3H2,1-2H3,(H,19,22)/t9-/m1/s1. The molecule has 0 aliphatic heterocycles. The number of hydrogen-bond donors (Lipinski definition) is 1. The molecule has 1 amide bonds. The summed E-state index contributed by atoms with van der Waals surface area (Å²) in [6.07, 6.45) is 2.29. The van der Waals surface area contributed by atoms with E-state index in [4.69, 9.17) is 11.6 Å². The van der Waals surface area contributed by atoms with E-state index in [1.165, 1.54) is 22.0 Å². The van der Waals surface area contributed by atoms with Gasteiger partial charge in [-0.3, -0.25) is 9.59 Å². The maximum absolute atomic E-state index is 12.5. The van der Waals surface area contributed by atoms with Gasteiger partial charge in [-0.25, -0.2) is 4.98 Å². The average molecular weight is 363 g/mol. The summed E-state index contributed by atoms with van der Waals surface area (Å²) in [5, 5.41) is 8.29. The van der Waals surface area contributed by atoms with Gasteiger partial charge in [0.1, 0.15) is 10.7 Å². The van der Waals surface area contributed by atoms with E-state index < -0.39 is 11.5 Å². The molecule has 2 heterocycles. The molecule has 6 nitrogen and oxygen atoms in total. The summed E-state index contributed by atoms with van der Waals surface area (Å²) in [5.41, 5.74) is 0.101. The highest BCUT2D eigenvalue weighted by Gasteiger charge is 2.15. The highest BCUT2D eigenvalue weighted by molar-refractivity contribution is 7.16. The number of halogens is 1. The predicted molar refractivity (Wildman–Crippen MR) is 95.2 cm³/mol. The molecule has 0 unspecified atom stereocenters. The summed E-state index contributed by atoms with van der Waals surface area (Å²) in [6, 6.07) is 6.41. The lowest BCUT2D eigenvalue weighted by Gasteiger charge is -2.04. The Hall–Kier alpha value is -2.25. The van der Waals surface area contributed by atoms with Gasteiger partial charge in [-0.15, -0.1) is 0 Å². The van der Waals surface area contributed by atoms with Crippen molar-refractivity contribution in [3.8, 4) is 0 Å². The summed E-state index contributed by atoms with van der Waals surface area (Å²) in [5.74, 6) is -0.147. The Morgan fingerprint density at radius 3 is 2.75 bits per heavy atom. The van der Waals surface area contributed by atoms with Crippen molar-refractivity contribution >= 4 is 39.5 Å². The minimum absolute atomic E-state index is 0.0912. The fourth-order valence-electron chi connectivity index (χ4n) is 2.06. The van der Waals surface area contributed by atoms with Crippen molar-refractivity contribution < 1.29 is 4.79 Å². The molecule has 0 radical (unpaired) electrons. The Labute approximate surface area is 147 Å². The van der Waals surface area contributed by atoms with E-state index in [1.807, 2.05) is 6.92 Å². The molecule has 0 saturated heterocycles. The molecular formula is C16H15ClN4O2S. The normalized spacial score (nSPS) is 12.3. The van der Waals surface area contributed by atoms with Crippen LogP contribution in [0.5, 0.6) is 0 Å². The quantitative estimate of drug-likeness (QED) is 0.769. The highest BCUT2D eigenvalue weighted by atomic mass is 35.5. The predicted octanol–water partition coefficient (Wildman–Crippen LogP) is 3.57. The van der Waals surface area contributed by atoms with Gasteiger partial charge in [0.2, 0.25) is 4.96 Å². The lowest BCUT2D eigenvalue weighted by molar-refractivity contribution is 0.102. The third-order valence-electron chi connectivity index (χ3n) is 3.69. The van der Waals surface area contributed by atoms with E-state index in [0.717, 1.165) is 11.4 Å². The lowest BCUT2D eigenvalue weighted by Crippen LogP contribution is -2.23. The molecule has 2 aromatic heterocycles. The number of aromatic nitrogens is 3. The highest BCUT2D eigenvalue weighted by Crippen LogP contribution is 2.23. The minimum Gasteiger partial charge on any atom is -0.316 e. The summed E-state index contributed by atoms with van der Waals surface area (Å²) in [6.45, 7) is 4.11. The Bertz CT molecular complexity index is 949. The number of anilines is 1. The molecule has 3 aromatic rings. The van der Waals surface area contributed by atoms with Crippen LogP contribution in [0.3, 0.4) is 0 Å². The summed E-state index contributed by atoms with van der Waals surface area (Å²) in [4.78, 5) is 29.5. The third kappa shape index (κ3) is 3.18. The Morgan fingerprint density at radius 2 is 2.08 bits per heavy atom. The maximum atomic E-state index is 12.5. The van der Waals surface area contributed by atoms with Crippen molar-refractivity contribution in [3.63, 3.8) is 0 Å². The third-order valence-corrected chi connectivity index (χ3v) is 5.10. The van der Waals surface area contributed by atoms with E-state index >= 15 is 0 Å². The van der Waals surface area contributed by atoms with E-state index in [0.29, 0.717) is 15.5 Å². The first-order chi connectivity index (χ1) is 11.5. The second-order valence-corrected chi connectivity index (χ2v) is 6.81. The molecule has 0 aliphatic carbocycles. The Kier molecular flexibility index (Phi) is 4.64. The smallest absolute Gasteiger partial charge is 0.298 e. The fourth-order valence-corrected chi connectivity index (χ4v) is 3.18. The van der Waals surface area contributed by atoms with Crippen molar-refractivity contribution in [3.05, 3.63) is 56.4 Å². The number of hydrogen-bond acceptors (Lipinski definition) is 5. The van der Waals surface area contributed by atoms with Crippen molar-refractivity contribution in [2.24, 2.45) is 0 Å². The van der Waals surface area contributed by atoms with Gasteiger partial charge in [0, 0.05) is 16.5 Å². The molecule has 0 fully saturated rings. The van der Waals surface area contributed by atoms with Gasteiger partial charge in [0.15, 0.2) is 0 Å². The number of benzene rings is 1. The van der Waals surface area contributed by atoms with Crippen molar-refractivity contribution in [1.82, 2.24) is 14.6 Å². The van der Waals surface area contributed by atoms with Gasteiger partial charge in [-0.1, -0.05) is 36.8 Å². The number of nitrogens with one attached hydrogen (secondary N) is 1. The first kappa shape index (κ1) is 16.6. The fraction of sp³-hybridized carbons (Fsp3) is 0.250. The van der Waals surface area contributed by atoms with Gasteiger partial charge >= 0.3 is 0 Å². The van der Waals surface area contributed by atoms with Crippen LogP contribution in [0.4, 0.5) is 5.69 Å². The van der Waals surface area contributed by atoms with Crippen LogP contribution in [0.2, 0.25) is 5.02 Å². The topological polar surface area (TPSA) is 76.4 Å². The van der Waals surface area contributed by atoms with Crippen LogP contribution >= 0.6 is 22.9 Å². The monoisotopic (exact) mass is 362 g/mol. The first-order valence-electron chi connectivity index (χ1n) is 7.45. The molecule has 0 bridgehead atoms. The maximum Gasteiger partial charge on any atom is 0.298 e. The van der Waals surface area contributed by atoms with Gasteiger partial charge in [0.25, 0.3) is 11.5 Å². The van der Waals surface area contributed by atoms with Crippen LogP contribution in [-0.2, 0) is 0 Å². The van der Waals surface area contributed by atoms with E-state index in [9.17, 15) is 9.59 Å². The molecule has 0 saturated carbocycles. The van der Waals surface area contributed by atoms with Crippen LogP contribution in [-0.4, -0.2) is 20.5 Å². The van der Waals surface area contributed by atoms with Crippen LogP contribution in [0, 0.1) is 0 Å². The molecular weight excluding hydrogens is 348 g/mol. The number of rotatable bonds is 4. The molecule has 3 rings (SSSR count). The zero-order valence-corrected chi connectivity index (χ0v) is 14.7. The molecule has 8 heteroatoms. The van der Waals surface area contributed by atoms with E-state index in [2.05, 4.69) is 22.3 Å². The number of carbonyl (C=O) groups excluding carboxylic acids is 1. The zero-order valence-electron chi connectivity index (χ0n) is 13.1. The molecule has 1 N–H and O–H groups in total. The molecule has 0 spiro atoms. The second kappa shape index (κ2) is 6.70. The van der Waals surface area contributed by atoms with Crippen molar-refractivity contribution in [1.29, 1.82) is 0 Å². The summed E-state index contributed by atoms with van der Waals surface area (Å²) < 4.78 is 1.24. The minimum atomic E-state index is -0.400. The molecule has 1 atom stereocenters. The molecule has 0 aliphatic rings. The second-order valence-electron chi connectivity index (χ2n) is 5.38. The van der Waals surface area contributed by atoms with Crippen LogP contribution in [0.1, 0.15) is 41.6 Å². The summed E-state index contributed by atoms with van der Waals surface area (Å²) in [7, 11) is 0. The van der Waals surface area contributed by atoms with Gasteiger partial charge < -0.3 is 5.32 Å². The lowest BCUT2D eigenvalue weighted by atomic mass is 10.1. The average Bonchev–Trinajstić information content (AvgIpc) is 3.02. The zero-order chi connectivity index (χ0) is 17.3. The number of nitrogens with zero attached hydrogens (tertiary/aromatic N) is 3. The van der Waals surface area contributed by atoms with Crippen molar-refractivity contribution in [2.75, 3.05) is 5.32 Å². The van der Waals surface area contributed by atoms with Gasteiger partial charge in [-0.2, -0.15) is 9.61 Å². The van der Waals surface area contributed by atoms with Crippen molar-refractivity contribution in [2.45, 2.75) is 26.2 Å². The van der Waals surface area contributed by atoms with Gasteiger partial charge in [0.05, 0.1) is 6.20 Å². The summed E-state index contributed by atoms with van der Waals surface area (Å²) >= 11 is 7.19. The van der Waals surface area contributed by atoms with Crippen LogP contribution in [0.25, 0.3) is 4.96 Å². The molecule has 124 valence electrons. The number of amides is 1. The van der Waals surface area contributed by atoms with Gasteiger partial charge in [-0.05, 0) is 30.7 Å². The SMILES string of the molecule is CC[C@@H](C)c1nn2c(=O)c(NC(=O)c3ccc(Cl)cc3)cnc2s1. The molecule has 24 heavy (non-hydrogen) atoms. The Balaban J connectivity index is 1.92.